The molecule has 0 amide bonds. The van der Waals surface area contributed by atoms with E-state index < -0.39 is 10.0 Å². The summed E-state index contributed by atoms with van der Waals surface area (Å²) < 4.78 is 27.3. The van der Waals surface area contributed by atoms with Crippen LogP contribution >= 0.6 is 11.6 Å². The molecule has 2 aromatic rings. The molecule has 2 rings (SSSR count). The minimum atomic E-state index is -3.79. The van der Waals surface area contributed by atoms with Crippen LogP contribution in [-0.4, -0.2) is 8.42 Å². The van der Waals surface area contributed by atoms with Gasteiger partial charge in [-0.1, -0.05) is 23.7 Å². The summed E-state index contributed by atoms with van der Waals surface area (Å²) in [7, 11) is -3.79. The predicted molar refractivity (Wildman–Crippen MR) is 76.8 cm³/mol. The van der Waals surface area contributed by atoms with Crippen LogP contribution in [0.4, 0.5) is 0 Å². The fraction of sp³-hybridized carbons (Fsp3) is 0.231. The van der Waals surface area contributed by atoms with Crippen molar-refractivity contribution in [3.63, 3.8) is 0 Å². The normalized spacial score (nSPS) is 13.3. The van der Waals surface area contributed by atoms with Crippen molar-refractivity contribution in [1.29, 1.82) is 0 Å². The Kier molecular flexibility index (Phi) is 4.49. The number of nitrogens with two attached hydrogens (primary N) is 1. The summed E-state index contributed by atoms with van der Waals surface area (Å²) in [5.41, 5.74) is 1.08. The van der Waals surface area contributed by atoms with Crippen LogP contribution in [-0.2, 0) is 16.6 Å². The van der Waals surface area contributed by atoms with E-state index in [9.17, 15) is 8.42 Å². The number of rotatable bonds is 5. The Labute approximate surface area is 122 Å². The van der Waals surface area contributed by atoms with Crippen LogP contribution in [0.1, 0.15) is 24.3 Å². The van der Waals surface area contributed by atoms with Crippen molar-refractivity contribution in [3.05, 3.63) is 52.7 Å². The summed E-state index contributed by atoms with van der Waals surface area (Å²) in [4.78, 5) is 0. The second kappa shape index (κ2) is 5.97. The highest BCUT2D eigenvalue weighted by molar-refractivity contribution is 7.89. The lowest BCUT2D eigenvalue weighted by Crippen LogP contribution is -2.17. The van der Waals surface area contributed by atoms with Gasteiger partial charge in [-0.2, -0.15) is 0 Å². The number of hydrogen-bond acceptors (Lipinski definition) is 4. The van der Waals surface area contributed by atoms with Crippen molar-refractivity contribution in [3.8, 4) is 0 Å². The van der Waals surface area contributed by atoms with Gasteiger partial charge >= 0.3 is 0 Å². The van der Waals surface area contributed by atoms with E-state index in [1.165, 1.54) is 6.07 Å². The van der Waals surface area contributed by atoms with Gasteiger partial charge in [0.2, 0.25) is 5.09 Å². The quantitative estimate of drug-likeness (QED) is 0.887. The molecule has 20 heavy (non-hydrogen) atoms. The van der Waals surface area contributed by atoms with Crippen LogP contribution in [0.15, 0.2) is 45.9 Å². The van der Waals surface area contributed by atoms with Gasteiger partial charge in [-0.25, -0.2) is 13.6 Å². The van der Waals surface area contributed by atoms with E-state index in [4.69, 9.17) is 21.2 Å². The van der Waals surface area contributed by atoms with Crippen molar-refractivity contribution in [2.24, 2.45) is 5.14 Å². The van der Waals surface area contributed by atoms with E-state index in [-0.39, 0.29) is 11.1 Å². The molecule has 1 aromatic heterocycles. The lowest BCUT2D eigenvalue weighted by molar-refractivity contribution is 0.393. The number of hydrogen-bond donors (Lipinski definition) is 2. The largest absolute Gasteiger partial charge is 0.447 e. The van der Waals surface area contributed by atoms with Crippen LogP contribution in [0.5, 0.6) is 0 Å². The molecule has 0 saturated heterocycles. The maximum Gasteiger partial charge on any atom is 0.271 e. The van der Waals surface area contributed by atoms with Crippen LogP contribution < -0.4 is 10.5 Å². The molecule has 3 N–H and O–H groups in total. The Morgan fingerprint density at radius 3 is 2.45 bits per heavy atom. The fourth-order valence-electron chi connectivity index (χ4n) is 1.73. The molecule has 0 aliphatic rings. The third-order valence-corrected chi connectivity index (χ3v) is 3.90. The average molecular weight is 315 g/mol. The van der Waals surface area contributed by atoms with Gasteiger partial charge < -0.3 is 9.73 Å². The molecule has 0 radical (unpaired) electrons. The first-order valence-electron chi connectivity index (χ1n) is 5.96. The standard InChI is InChI=1S/C13H15ClN2O3S/c1-9(10-2-4-11(14)5-3-10)16-8-12-6-7-13(19-12)20(15,17)18/h2-7,9,16H,8H2,1H3,(H2,15,17,18)/t9-/m0/s1. The number of benzene rings is 1. The van der Waals surface area contributed by atoms with Gasteiger partial charge in [0.1, 0.15) is 5.76 Å². The summed E-state index contributed by atoms with van der Waals surface area (Å²) >= 11 is 5.83. The van der Waals surface area contributed by atoms with E-state index in [2.05, 4.69) is 5.32 Å². The van der Waals surface area contributed by atoms with Gasteiger partial charge in [-0.05, 0) is 36.8 Å². The summed E-state index contributed by atoms with van der Waals surface area (Å²) in [5.74, 6) is 0.509. The van der Waals surface area contributed by atoms with E-state index in [1.54, 1.807) is 6.07 Å². The van der Waals surface area contributed by atoms with Crippen molar-refractivity contribution in [2.75, 3.05) is 0 Å². The van der Waals surface area contributed by atoms with Crippen molar-refractivity contribution < 1.29 is 12.8 Å². The molecule has 0 saturated carbocycles. The fourth-order valence-corrected chi connectivity index (χ4v) is 2.34. The molecule has 108 valence electrons. The maximum absolute atomic E-state index is 11.1. The lowest BCUT2D eigenvalue weighted by atomic mass is 10.1. The van der Waals surface area contributed by atoms with E-state index in [1.807, 2.05) is 31.2 Å². The van der Waals surface area contributed by atoms with Crippen molar-refractivity contribution in [1.82, 2.24) is 5.32 Å². The Morgan fingerprint density at radius 1 is 1.25 bits per heavy atom. The Morgan fingerprint density at radius 2 is 1.90 bits per heavy atom. The minimum Gasteiger partial charge on any atom is -0.447 e. The number of halogens is 1. The molecular weight excluding hydrogens is 300 g/mol. The third kappa shape index (κ3) is 3.83. The zero-order valence-electron chi connectivity index (χ0n) is 10.8. The minimum absolute atomic E-state index is 0.0790. The van der Waals surface area contributed by atoms with Gasteiger partial charge in [0.15, 0.2) is 0 Å². The molecule has 0 spiro atoms. The van der Waals surface area contributed by atoms with Crippen LogP contribution in [0.25, 0.3) is 0 Å². The Hall–Kier alpha value is -1.34. The van der Waals surface area contributed by atoms with Crippen molar-refractivity contribution in [2.45, 2.75) is 24.6 Å². The third-order valence-electron chi connectivity index (χ3n) is 2.87. The smallest absolute Gasteiger partial charge is 0.271 e. The zero-order valence-corrected chi connectivity index (χ0v) is 12.4. The molecule has 0 fully saturated rings. The molecule has 0 unspecified atom stereocenters. The van der Waals surface area contributed by atoms with Crippen LogP contribution in [0.2, 0.25) is 5.02 Å². The van der Waals surface area contributed by atoms with Crippen LogP contribution in [0, 0.1) is 0 Å². The first-order valence-corrected chi connectivity index (χ1v) is 7.89. The molecule has 1 heterocycles. The molecular formula is C13H15ClN2O3S. The van der Waals surface area contributed by atoms with Gasteiger partial charge in [-0.15, -0.1) is 0 Å². The van der Waals surface area contributed by atoms with Gasteiger partial charge in [0, 0.05) is 11.1 Å². The molecule has 7 heteroatoms. The average Bonchev–Trinajstić information content (AvgIpc) is 2.85. The van der Waals surface area contributed by atoms with Gasteiger partial charge in [0.05, 0.1) is 6.54 Å². The number of primary sulfonamides is 1. The second-order valence-corrected chi connectivity index (χ2v) is 6.35. The van der Waals surface area contributed by atoms with Crippen LogP contribution in [0.3, 0.4) is 0 Å². The summed E-state index contributed by atoms with van der Waals surface area (Å²) in [5, 5.41) is 8.66. The second-order valence-electron chi connectivity index (χ2n) is 4.42. The molecule has 0 bridgehead atoms. The molecule has 0 aliphatic heterocycles. The molecule has 1 aromatic carbocycles. The van der Waals surface area contributed by atoms with E-state index in [0.29, 0.717) is 17.3 Å². The lowest BCUT2D eigenvalue weighted by Gasteiger charge is -2.13. The van der Waals surface area contributed by atoms with E-state index in [0.717, 1.165) is 5.56 Å². The molecule has 5 nitrogen and oxygen atoms in total. The first-order chi connectivity index (χ1) is 9.36. The Bertz CT molecular complexity index is 680. The highest BCUT2D eigenvalue weighted by Crippen LogP contribution is 2.17. The number of sulfonamides is 1. The summed E-state index contributed by atoms with van der Waals surface area (Å²) in [6.45, 7) is 2.39. The predicted octanol–water partition coefficient (Wildman–Crippen LogP) is 2.43. The van der Waals surface area contributed by atoms with Gasteiger partial charge in [-0.3, -0.25) is 0 Å². The van der Waals surface area contributed by atoms with Gasteiger partial charge in [0.25, 0.3) is 10.0 Å². The van der Waals surface area contributed by atoms with Crippen molar-refractivity contribution >= 4 is 21.6 Å². The monoisotopic (exact) mass is 314 g/mol. The first kappa shape index (κ1) is 15.1. The highest BCUT2D eigenvalue weighted by Gasteiger charge is 2.13. The number of furan rings is 1. The molecule has 1 atom stereocenters. The SMILES string of the molecule is C[C@H](NCc1ccc(S(N)(=O)=O)o1)c1ccc(Cl)cc1. The summed E-state index contributed by atoms with van der Waals surface area (Å²) in [6.07, 6.45) is 0. The highest BCUT2D eigenvalue weighted by atomic mass is 35.5. The maximum atomic E-state index is 11.1. The zero-order chi connectivity index (χ0) is 14.8. The Balaban J connectivity index is 1.98. The van der Waals surface area contributed by atoms with E-state index >= 15 is 0 Å². The molecule has 0 aliphatic carbocycles. The summed E-state index contributed by atoms with van der Waals surface area (Å²) in [6, 6.07) is 10.5. The topological polar surface area (TPSA) is 85.3 Å². The number of nitrogens with one attached hydrogen (secondary N) is 1.